The Morgan fingerprint density at radius 1 is 1.45 bits per heavy atom. The fourth-order valence-electron chi connectivity index (χ4n) is 2.79. The van der Waals surface area contributed by atoms with Gasteiger partial charge in [-0.1, -0.05) is 18.2 Å². The standard InChI is InChI=1S/C16H21N3O2.ClH/c17-14(16(20)19-12-4-3-7-21-10-12)8-11-9-18-15-6-2-1-5-13(11)15;/h1-2,5-6,9,12,14,18H,3-4,7-8,10,17H2,(H,19,20);1H/t12?,14-;/m0./s1. The summed E-state index contributed by atoms with van der Waals surface area (Å²) in [7, 11) is 0. The van der Waals surface area contributed by atoms with Crippen LogP contribution >= 0.6 is 12.4 Å². The van der Waals surface area contributed by atoms with E-state index < -0.39 is 6.04 Å². The summed E-state index contributed by atoms with van der Waals surface area (Å²) in [5.74, 6) is -0.101. The Morgan fingerprint density at radius 3 is 3.05 bits per heavy atom. The van der Waals surface area contributed by atoms with Gasteiger partial charge in [-0.3, -0.25) is 4.79 Å². The van der Waals surface area contributed by atoms with Crippen LogP contribution < -0.4 is 11.1 Å². The van der Waals surface area contributed by atoms with Gasteiger partial charge in [0.15, 0.2) is 0 Å². The van der Waals surface area contributed by atoms with Crippen LogP contribution in [-0.4, -0.2) is 36.2 Å². The number of carbonyl (C=O) groups excluding carboxylic acids is 1. The van der Waals surface area contributed by atoms with Gasteiger partial charge in [0.05, 0.1) is 18.7 Å². The fourth-order valence-corrected chi connectivity index (χ4v) is 2.79. The van der Waals surface area contributed by atoms with E-state index in [2.05, 4.69) is 10.3 Å². The van der Waals surface area contributed by atoms with E-state index in [1.807, 2.05) is 30.5 Å². The van der Waals surface area contributed by atoms with Gasteiger partial charge in [-0.15, -0.1) is 12.4 Å². The van der Waals surface area contributed by atoms with Crippen LogP contribution in [0.15, 0.2) is 30.5 Å². The number of carbonyl (C=O) groups is 1. The highest BCUT2D eigenvalue weighted by Gasteiger charge is 2.21. The van der Waals surface area contributed by atoms with Crippen molar-refractivity contribution in [2.24, 2.45) is 5.73 Å². The highest BCUT2D eigenvalue weighted by atomic mass is 35.5. The predicted octanol–water partition coefficient (Wildman–Crippen LogP) is 1.75. The van der Waals surface area contributed by atoms with Crippen molar-refractivity contribution in [2.45, 2.75) is 31.3 Å². The molecule has 2 atom stereocenters. The van der Waals surface area contributed by atoms with Crippen molar-refractivity contribution in [3.8, 4) is 0 Å². The molecule has 1 aliphatic heterocycles. The Hall–Kier alpha value is -1.56. The number of rotatable bonds is 4. The molecule has 1 aromatic carbocycles. The lowest BCUT2D eigenvalue weighted by Crippen LogP contribution is -2.48. The first-order valence-corrected chi connectivity index (χ1v) is 7.43. The molecule has 0 radical (unpaired) electrons. The summed E-state index contributed by atoms with van der Waals surface area (Å²) in [6.45, 7) is 1.37. The van der Waals surface area contributed by atoms with E-state index >= 15 is 0 Å². The number of aromatic nitrogens is 1. The van der Waals surface area contributed by atoms with Crippen LogP contribution in [-0.2, 0) is 16.0 Å². The van der Waals surface area contributed by atoms with Crippen LogP contribution in [0, 0.1) is 0 Å². The second-order valence-electron chi connectivity index (χ2n) is 5.59. The maximum atomic E-state index is 12.2. The van der Waals surface area contributed by atoms with Crippen LogP contribution in [0.4, 0.5) is 0 Å². The first kappa shape index (κ1) is 16.8. The maximum Gasteiger partial charge on any atom is 0.237 e. The van der Waals surface area contributed by atoms with Crippen LogP contribution in [0.3, 0.4) is 0 Å². The normalized spacial score (nSPS) is 19.4. The van der Waals surface area contributed by atoms with Gasteiger partial charge in [-0.05, 0) is 30.9 Å². The van der Waals surface area contributed by atoms with Gasteiger partial charge in [-0.2, -0.15) is 0 Å². The summed E-state index contributed by atoms with van der Waals surface area (Å²) < 4.78 is 5.37. The molecular formula is C16H22ClN3O2. The molecule has 1 amide bonds. The smallest absolute Gasteiger partial charge is 0.237 e. The van der Waals surface area contributed by atoms with Gasteiger partial charge in [0, 0.05) is 23.7 Å². The Bertz CT molecular complexity index is 623. The molecule has 2 aromatic rings. The van der Waals surface area contributed by atoms with Crippen molar-refractivity contribution in [2.75, 3.05) is 13.2 Å². The van der Waals surface area contributed by atoms with Crippen molar-refractivity contribution < 1.29 is 9.53 Å². The predicted molar refractivity (Wildman–Crippen MR) is 89.2 cm³/mol. The first-order chi connectivity index (χ1) is 10.2. The second kappa shape index (κ2) is 7.63. The fraction of sp³-hybridized carbons (Fsp3) is 0.438. The number of aromatic amines is 1. The molecular weight excluding hydrogens is 302 g/mol. The molecule has 22 heavy (non-hydrogen) atoms. The topological polar surface area (TPSA) is 80.1 Å². The molecule has 2 heterocycles. The highest BCUT2D eigenvalue weighted by molar-refractivity contribution is 5.86. The molecule has 1 saturated heterocycles. The van der Waals surface area contributed by atoms with Gasteiger partial charge < -0.3 is 20.8 Å². The number of benzene rings is 1. The molecule has 5 nitrogen and oxygen atoms in total. The van der Waals surface area contributed by atoms with Gasteiger partial charge >= 0.3 is 0 Å². The molecule has 1 aromatic heterocycles. The number of ether oxygens (including phenoxy) is 1. The third-order valence-electron chi connectivity index (χ3n) is 3.96. The monoisotopic (exact) mass is 323 g/mol. The Morgan fingerprint density at radius 2 is 2.27 bits per heavy atom. The molecule has 0 bridgehead atoms. The van der Waals surface area contributed by atoms with E-state index in [1.165, 1.54) is 0 Å². The Balaban J connectivity index is 0.00000176. The van der Waals surface area contributed by atoms with E-state index in [0.717, 1.165) is 35.9 Å². The zero-order valence-corrected chi connectivity index (χ0v) is 13.2. The third kappa shape index (κ3) is 3.80. The van der Waals surface area contributed by atoms with Crippen molar-refractivity contribution >= 4 is 29.2 Å². The quantitative estimate of drug-likeness (QED) is 0.802. The van der Waals surface area contributed by atoms with E-state index in [0.29, 0.717) is 13.0 Å². The molecule has 120 valence electrons. The van der Waals surface area contributed by atoms with Crippen LogP contribution in [0.5, 0.6) is 0 Å². The van der Waals surface area contributed by atoms with E-state index in [4.69, 9.17) is 10.5 Å². The Labute approximate surface area is 136 Å². The number of para-hydroxylation sites is 1. The molecule has 0 aliphatic carbocycles. The summed E-state index contributed by atoms with van der Waals surface area (Å²) in [6, 6.07) is 7.60. The number of nitrogens with two attached hydrogens (primary N) is 1. The second-order valence-corrected chi connectivity index (χ2v) is 5.59. The van der Waals surface area contributed by atoms with E-state index in [-0.39, 0.29) is 24.4 Å². The molecule has 1 fully saturated rings. The van der Waals surface area contributed by atoms with Gasteiger partial charge in [-0.25, -0.2) is 0 Å². The number of halogens is 1. The minimum Gasteiger partial charge on any atom is -0.379 e. The average Bonchev–Trinajstić information content (AvgIpc) is 2.91. The lowest BCUT2D eigenvalue weighted by atomic mass is 10.0. The van der Waals surface area contributed by atoms with Crippen LogP contribution in [0.1, 0.15) is 18.4 Å². The van der Waals surface area contributed by atoms with Crippen molar-refractivity contribution in [1.29, 1.82) is 0 Å². The molecule has 0 saturated carbocycles. The molecule has 4 N–H and O–H groups in total. The van der Waals surface area contributed by atoms with Crippen LogP contribution in [0.2, 0.25) is 0 Å². The lowest BCUT2D eigenvalue weighted by Gasteiger charge is -2.24. The molecule has 1 aliphatic rings. The number of hydrogen-bond donors (Lipinski definition) is 3. The average molecular weight is 324 g/mol. The molecule has 3 rings (SSSR count). The van der Waals surface area contributed by atoms with Gasteiger partial charge in [0.25, 0.3) is 0 Å². The molecule has 1 unspecified atom stereocenters. The van der Waals surface area contributed by atoms with E-state index in [9.17, 15) is 4.79 Å². The summed E-state index contributed by atoms with van der Waals surface area (Å²) in [6.07, 6.45) is 4.42. The number of hydrogen-bond acceptors (Lipinski definition) is 3. The van der Waals surface area contributed by atoms with Crippen molar-refractivity contribution in [3.05, 3.63) is 36.0 Å². The number of H-pyrrole nitrogens is 1. The summed E-state index contributed by atoms with van der Waals surface area (Å²) in [5, 5.41) is 4.11. The summed E-state index contributed by atoms with van der Waals surface area (Å²) in [4.78, 5) is 15.4. The Kier molecular flexibility index (Phi) is 5.83. The largest absolute Gasteiger partial charge is 0.379 e. The molecule has 6 heteroatoms. The highest BCUT2D eigenvalue weighted by Crippen LogP contribution is 2.18. The minimum atomic E-state index is -0.536. The number of amides is 1. The maximum absolute atomic E-state index is 12.2. The van der Waals surface area contributed by atoms with Crippen molar-refractivity contribution in [1.82, 2.24) is 10.3 Å². The number of nitrogens with one attached hydrogen (secondary N) is 2. The summed E-state index contributed by atoms with van der Waals surface area (Å²) in [5.41, 5.74) is 8.20. The third-order valence-corrected chi connectivity index (χ3v) is 3.96. The SMILES string of the molecule is Cl.N[C@@H](Cc1c[nH]c2ccccc12)C(=O)NC1CCCOC1. The lowest BCUT2D eigenvalue weighted by molar-refractivity contribution is -0.124. The van der Waals surface area contributed by atoms with Gasteiger partial charge in [0.1, 0.15) is 0 Å². The van der Waals surface area contributed by atoms with E-state index in [1.54, 1.807) is 0 Å². The van der Waals surface area contributed by atoms with Crippen LogP contribution in [0.25, 0.3) is 10.9 Å². The summed E-state index contributed by atoms with van der Waals surface area (Å²) >= 11 is 0. The van der Waals surface area contributed by atoms with Gasteiger partial charge in [0.2, 0.25) is 5.91 Å². The first-order valence-electron chi connectivity index (χ1n) is 7.43. The zero-order chi connectivity index (χ0) is 14.7. The zero-order valence-electron chi connectivity index (χ0n) is 12.4. The molecule has 0 spiro atoms. The number of fused-ring (bicyclic) bond motifs is 1. The van der Waals surface area contributed by atoms with Crippen molar-refractivity contribution in [3.63, 3.8) is 0 Å². The minimum absolute atomic E-state index is 0.